The first-order chi connectivity index (χ1) is 15.0. The molecule has 0 aromatic heterocycles. The Morgan fingerprint density at radius 3 is 2.35 bits per heavy atom. The molecule has 0 atom stereocenters. The Morgan fingerprint density at radius 2 is 1.65 bits per heavy atom. The van der Waals surface area contributed by atoms with E-state index in [1.54, 1.807) is 68.6 Å². The zero-order chi connectivity index (χ0) is 22.0. The number of allylic oxidation sites excluding steroid dienone is 1. The van der Waals surface area contributed by atoms with Crippen LogP contribution in [0.4, 0.5) is 0 Å². The Bertz CT molecular complexity index is 1190. The predicted molar refractivity (Wildman–Crippen MR) is 115 cm³/mol. The highest BCUT2D eigenvalue weighted by Gasteiger charge is 2.30. The van der Waals surface area contributed by atoms with Gasteiger partial charge in [-0.2, -0.15) is 0 Å². The molecule has 3 aromatic carbocycles. The first-order valence-electron chi connectivity index (χ1n) is 9.59. The Hall–Kier alpha value is -4.06. The van der Waals surface area contributed by atoms with Crippen molar-refractivity contribution in [2.45, 2.75) is 6.92 Å². The van der Waals surface area contributed by atoms with Gasteiger partial charge in [-0.3, -0.25) is 4.79 Å². The molecule has 3 aromatic rings. The number of carbonyl (C=O) groups is 2. The van der Waals surface area contributed by atoms with Crippen LogP contribution in [0.1, 0.15) is 31.8 Å². The van der Waals surface area contributed by atoms with Gasteiger partial charge in [0, 0.05) is 5.56 Å². The minimum Gasteiger partial charge on any atom is -0.497 e. The van der Waals surface area contributed by atoms with Gasteiger partial charge in [-0.15, -0.1) is 0 Å². The Labute approximate surface area is 179 Å². The number of methoxy groups -OCH3 is 2. The van der Waals surface area contributed by atoms with E-state index in [1.807, 2.05) is 12.1 Å². The summed E-state index contributed by atoms with van der Waals surface area (Å²) in [6.07, 6.45) is 1.67. The van der Waals surface area contributed by atoms with Crippen molar-refractivity contribution in [2.75, 3.05) is 14.2 Å². The van der Waals surface area contributed by atoms with E-state index >= 15 is 0 Å². The lowest BCUT2D eigenvalue weighted by Gasteiger charge is -2.11. The molecule has 0 aliphatic carbocycles. The van der Waals surface area contributed by atoms with Crippen molar-refractivity contribution in [3.05, 3.63) is 88.7 Å². The fraction of sp³-hybridized carbons (Fsp3) is 0.120. The van der Waals surface area contributed by atoms with Gasteiger partial charge in [-0.1, -0.05) is 24.3 Å². The molecule has 1 aliphatic rings. The molecule has 0 saturated heterocycles. The molecule has 31 heavy (non-hydrogen) atoms. The number of hydrogen-bond donors (Lipinski definition) is 0. The summed E-state index contributed by atoms with van der Waals surface area (Å²) < 4.78 is 21.8. The lowest BCUT2D eigenvalue weighted by Crippen LogP contribution is -2.11. The Balaban J connectivity index is 1.60. The van der Waals surface area contributed by atoms with Crippen molar-refractivity contribution in [1.82, 2.24) is 0 Å². The third kappa shape index (κ3) is 3.88. The van der Waals surface area contributed by atoms with Crippen molar-refractivity contribution in [3.8, 4) is 23.0 Å². The second kappa shape index (κ2) is 8.36. The molecular formula is C25H20O6. The molecule has 1 heterocycles. The quantitative estimate of drug-likeness (QED) is 0.336. The molecule has 6 heteroatoms. The molecule has 0 N–H and O–H groups in total. The molecular weight excluding hydrogens is 396 g/mol. The van der Waals surface area contributed by atoms with Crippen LogP contribution in [0.25, 0.3) is 6.08 Å². The van der Waals surface area contributed by atoms with Gasteiger partial charge in [0.25, 0.3) is 0 Å². The minimum absolute atomic E-state index is 0.205. The highest BCUT2D eigenvalue weighted by molar-refractivity contribution is 6.15. The number of para-hydroxylation sites is 1. The molecule has 0 unspecified atom stereocenters. The lowest BCUT2D eigenvalue weighted by molar-refractivity contribution is 0.0729. The van der Waals surface area contributed by atoms with E-state index in [4.69, 9.17) is 18.9 Å². The Kier molecular flexibility index (Phi) is 5.45. The Morgan fingerprint density at radius 1 is 0.903 bits per heavy atom. The van der Waals surface area contributed by atoms with E-state index in [2.05, 4.69) is 0 Å². The summed E-state index contributed by atoms with van der Waals surface area (Å²) in [4.78, 5) is 25.4. The molecule has 0 radical (unpaired) electrons. The number of hydrogen-bond acceptors (Lipinski definition) is 6. The van der Waals surface area contributed by atoms with Crippen LogP contribution in [-0.2, 0) is 0 Å². The summed E-state index contributed by atoms with van der Waals surface area (Å²) in [7, 11) is 3.08. The molecule has 0 saturated carbocycles. The number of rotatable bonds is 5. The average Bonchev–Trinajstić information content (AvgIpc) is 3.12. The second-order valence-electron chi connectivity index (χ2n) is 6.87. The predicted octanol–water partition coefficient (Wildman–Crippen LogP) is 4.85. The number of ether oxygens (including phenoxy) is 4. The summed E-state index contributed by atoms with van der Waals surface area (Å²) in [6, 6.07) is 17.3. The third-order valence-electron chi connectivity index (χ3n) is 4.98. The van der Waals surface area contributed by atoms with Gasteiger partial charge in [0.05, 0.1) is 19.8 Å². The summed E-state index contributed by atoms with van der Waals surface area (Å²) >= 11 is 0. The van der Waals surface area contributed by atoms with Crippen molar-refractivity contribution in [1.29, 1.82) is 0 Å². The van der Waals surface area contributed by atoms with Gasteiger partial charge in [-0.05, 0) is 55.0 Å². The number of Topliss-reactive ketones (excluding diaryl/α,β-unsaturated/α-hetero) is 1. The summed E-state index contributed by atoms with van der Waals surface area (Å²) in [5, 5.41) is 0. The van der Waals surface area contributed by atoms with Crippen molar-refractivity contribution >= 4 is 17.8 Å². The maximum absolute atomic E-state index is 12.8. The standard InChI is InChI=1S/C25H20O6/c1-15-20(31-25(27)18-6-4-5-7-21(18)29-3)13-12-19-23(26)22(30-24(15)19)14-16-8-10-17(28-2)11-9-16/h4-14H,1-3H3/b22-14-. The summed E-state index contributed by atoms with van der Waals surface area (Å²) in [5.41, 5.74) is 2.10. The maximum atomic E-state index is 12.8. The molecule has 156 valence electrons. The van der Waals surface area contributed by atoms with Gasteiger partial charge in [0.1, 0.15) is 28.6 Å². The van der Waals surface area contributed by atoms with E-state index in [0.29, 0.717) is 33.9 Å². The maximum Gasteiger partial charge on any atom is 0.347 e. The van der Waals surface area contributed by atoms with Gasteiger partial charge in [-0.25, -0.2) is 4.79 Å². The van der Waals surface area contributed by atoms with Crippen LogP contribution < -0.4 is 18.9 Å². The zero-order valence-corrected chi connectivity index (χ0v) is 17.3. The molecule has 0 spiro atoms. The number of fused-ring (bicyclic) bond motifs is 1. The number of carbonyl (C=O) groups excluding carboxylic acids is 2. The van der Waals surface area contributed by atoms with E-state index in [9.17, 15) is 9.59 Å². The zero-order valence-electron chi connectivity index (χ0n) is 17.3. The van der Waals surface area contributed by atoms with Crippen LogP contribution in [0.15, 0.2) is 66.4 Å². The normalized spacial score (nSPS) is 13.5. The first kappa shape index (κ1) is 20.2. The average molecular weight is 416 g/mol. The number of ketones is 1. The van der Waals surface area contributed by atoms with E-state index in [-0.39, 0.29) is 11.5 Å². The number of benzene rings is 3. The van der Waals surface area contributed by atoms with Crippen LogP contribution in [0.5, 0.6) is 23.0 Å². The van der Waals surface area contributed by atoms with E-state index in [1.165, 1.54) is 7.11 Å². The highest BCUT2D eigenvalue weighted by Crippen LogP contribution is 2.39. The monoisotopic (exact) mass is 416 g/mol. The highest BCUT2D eigenvalue weighted by atomic mass is 16.5. The van der Waals surface area contributed by atoms with Crippen LogP contribution in [0.3, 0.4) is 0 Å². The minimum atomic E-state index is -0.557. The van der Waals surface area contributed by atoms with Crippen molar-refractivity contribution < 1.29 is 28.5 Å². The summed E-state index contributed by atoms with van der Waals surface area (Å²) in [5.74, 6) is 1.26. The molecule has 1 aliphatic heterocycles. The lowest BCUT2D eigenvalue weighted by atomic mass is 10.1. The van der Waals surface area contributed by atoms with Crippen LogP contribution >= 0.6 is 0 Å². The fourth-order valence-electron chi connectivity index (χ4n) is 3.30. The molecule has 0 amide bonds. The topological polar surface area (TPSA) is 71.1 Å². The third-order valence-corrected chi connectivity index (χ3v) is 4.98. The van der Waals surface area contributed by atoms with Crippen LogP contribution in [0.2, 0.25) is 0 Å². The molecule has 6 nitrogen and oxygen atoms in total. The SMILES string of the molecule is COc1ccc(/C=C2\Oc3c(ccc(OC(=O)c4ccccc4OC)c3C)C2=O)cc1. The van der Waals surface area contributed by atoms with Gasteiger partial charge >= 0.3 is 5.97 Å². The van der Waals surface area contributed by atoms with Gasteiger partial charge in [0.15, 0.2) is 5.76 Å². The van der Waals surface area contributed by atoms with Gasteiger partial charge in [0.2, 0.25) is 5.78 Å². The van der Waals surface area contributed by atoms with Crippen LogP contribution in [-0.4, -0.2) is 26.0 Å². The molecule has 4 rings (SSSR count). The van der Waals surface area contributed by atoms with Crippen LogP contribution in [0, 0.1) is 6.92 Å². The molecule has 0 bridgehead atoms. The molecule has 0 fully saturated rings. The summed E-state index contributed by atoms with van der Waals surface area (Å²) in [6.45, 7) is 1.74. The smallest absolute Gasteiger partial charge is 0.347 e. The first-order valence-corrected chi connectivity index (χ1v) is 9.59. The van der Waals surface area contributed by atoms with Crippen molar-refractivity contribution in [2.24, 2.45) is 0 Å². The largest absolute Gasteiger partial charge is 0.497 e. The van der Waals surface area contributed by atoms with Gasteiger partial charge < -0.3 is 18.9 Å². The second-order valence-corrected chi connectivity index (χ2v) is 6.87. The van der Waals surface area contributed by atoms with E-state index in [0.717, 1.165) is 11.3 Å². The number of esters is 1. The van der Waals surface area contributed by atoms with Crippen molar-refractivity contribution in [3.63, 3.8) is 0 Å². The fourth-order valence-corrected chi connectivity index (χ4v) is 3.30. The van der Waals surface area contributed by atoms with E-state index < -0.39 is 5.97 Å².